The molecule has 2 heterocycles. The van der Waals surface area contributed by atoms with Crippen molar-refractivity contribution in [2.75, 3.05) is 22.8 Å². The third kappa shape index (κ3) is 4.52. The Morgan fingerprint density at radius 1 is 1.18 bits per heavy atom. The highest BCUT2D eigenvalue weighted by Crippen LogP contribution is 2.36. The number of carbonyl (C=O) groups excluding carboxylic acids is 1. The van der Waals surface area contributed by atoms with Gasteiger partial charge in [-0.2, -0.15) is 18.3 Å². The van der Waals surface area contributed by atoms with Crippen molar-refractivity contribution in [1.29, 1.82) is 0 Å². The van der Waals surface area contributed by atoms with Gasteiger partial charge >= 0.3 is 12.1 Å². The van der Waals surface area contributed by atoms with Crippen LogP contribution in [-0.4, -0.2) is 48.3 Å². The van der Waals surface area contributed by atoms with Crippen molar-refractivity contribution in [2.45, 2.75) is 11.1 Å². The lowest BCUT2D eigenvalue weighted by molar-refractivity contribution is -0.138. The van der Waals surface area contributed by atoms with E-state index in [0.29, 0.717) is 6.07 Å². The molecule has 3 aromatic rings. The molecule has 0 radical (unpaired) electrons. The number of alkyl halides is 3. The Labute approximate surface area is 190 Å². The van der Waals surface area contributed by atoms with Gasteiger partial charge < -0.3 is 9.84 Å². The van der Waals surface area contributed by atoms with E-state index in [9.17, 15) is 31.2 Å². The van der Waals surface area contributed by atoms with Crippen LogP contribution in [0.4, 0.5) is 24.5 Å². The third-order valence-corrected chi connectivity index (χ3v) is 6.16. The Hall–Kier alpha value is -4.07. The van der Waals surface area contributed by atoms with Crippen LogP contribution in [0.15, 0.2) is 59.8 Å². The smallest absolute Gasteiger partial charge is 0.416 e. The van der Waals surface area contributed by atoms with Gasteiger partial charge in [-0.05, 0) is 42.5 Å². The Kier molecular flexibility index (Phi) is 5.69. The Morgan fingerprint density at radius 3 is 2.59 bits per heavy atom. The van der Waals surface area contributed by atoms with Crippen LogP contribution in [0.1, 0.15) is 5.56 Å². The summed E-state index contributed by atoms with van der Waals surface area (Å²) in [6.07, 6.45) is -1.94. The lowest BCUT2D eigenvalue weighted by Crippen LogP contribution is -2.42. The number of ether oxygens (including phenoxy) is 1. The molecule has 14 heteroatoms. The number of carbonyl (C=O) groups is 2. The zero-order valence-electron chi connectivity index (χ0n) is 17.0. The van der Waals surface area contributed by atoms with Crippen molar-refractivity contribution < 1.29 is 41.0 Å². The Bertz CT molecular complexity index is 1370. The van der Waals surface area contributed by atoms with Crippen LogP contribution in [0.25, 0.3) is 5.69 Å². The molecule has 2 N–H and O–H groups in total. The molecule has 0 atom stereocenters. The zero-order valence-corrected chi connectivity index (χ0v) is 17.8. The lowest BCUT2D eigenvalue weighted by atomic mass is 10.1. The monoisotopic (exact) mass is 496 g/mol. The fourth-order valence-electron chi connectivity index (χ4n) is 3.27. The number of anilines is 2. The molecule has 34 heavy (non-hydrogen) atoms. The van der Waals surface area contributed by atoms with Crippen molar-refractivity contribution in [3.63, 3.8) is 0 Å². The van der Waals surface area contributed by atoms with Gasteiger partial charge in [-0.3, -0.25) is 19.2 Å². The van der Waals surface area contributed by atoms with Gasteiger partial charge in [0.15, 0.2) is 6.61 Å². The SMILES string of the molecule is O=C(O)CN1C(=O)COc2ccc(S(=O)(=O)Nc3cc(C(F)(F)F)ccc3-n3cccn3)cc21. The maximum atomic E-state index is 13.3. The first-order chi connectivity index (χ1) is 16.0. The van der Waals surface area contributed by atoms with Gasteiger partial charge in [-0.15, -0.1) is 0 Å². The molecule has 2 aromatic carbocycles. The minimum Gasteiger partial charge on any atom is -0.482 e. The Balaban J connectivity index is 1.76. The maximum absolute atomic E-state index is 13.3. The van der Waals surface area contributed by atoms with Gasteiger partial charge in [0.05, 0.1) is 27.5 Å². The fraction of sp³-hybridized carbons (Fsp3) is 0.150. The number of halogens is 3. The second-order valence-corrected chi connectivity index (χ2v) is 8.76. The largest absolute Gasteiger partial charge is 0.482 e. The van der Waals surface area contributed by atoms with E-state index in [1.165, 1.54) is 29.2 Å². The number of hydrogen-bond acceptors (Lipinski definition) is 6. The van der Waals surface area contributed by atoms with Gasteiger partial charge in [-0.25, -0.2) is 13.1 Å². The van der Waals surface area contributed by atoms with E-state index in [-0.39, 0.29) is 17.1 Å². The molecule has 0 spiro atoms. The molecular formula is C20H15F3N4O6S. The van der Waals surface area contributed by atoms with Crippen LogP contribution in [0.3, 0.4) is 0 Å². The predicted molar refractivity (Wildman–Crippen MR) is 111 cm³/mol. The molecule has 10 nitrogen and oxygen atoms in total. The van der Waals surface area contributed by atoms with Gasteiger partial charge in [0.25, 0.3) is 15.9 Å². The van der Waals surface area contributed by atoms with Gasteiger partial charge in [0.2, 0.25) is 0 Å². The third-order valence-electron chi connectivity index (χ3n) is 4.80. The number of hydrogen-bond donors (Lipinski definition) is 2. The zero-order chi connectivity index (χ0) is 24.7. The second kappa shape index (κ2) is 8.37. The predicted octanol–water partition coefficient (Wildman–Crippen LogP) is 2.50. The number of carboxylic acids is 1. The van der Waals surface area contributed by atoms with Gasteiger partial charge in [0.1, 0.15) is 12.3 Å². The summed E-state index contributed by atoms with van der Waals surface area (Å²) in [5, 5.41) is 13.0. The minimum absolute atomic E-state index is 0.0329. The number of nitrogens with zero attached hydrogens (tertiary/aromatic N) is 3. The number of fused-ring (bicyclic) bond motifs is 1. The average Bonchev–Trinajstić information content (AvgIpc) is 3.29. The summed E-state index contributed by atoms with van der Waals surface area (Å²) in [7, 11) is -4.49. The van der Waals surface area contributed by atoms with E-state index < -0.39 is 57.4 Å². The molecule has 1 aliphatic rings. The average molecular weight is 496 g/mol. The molecule has 0 saturated heterocycles. The first-order valence-corrected chi connectivity index (χ1v) is 11.0. The van der Waals surface area contributed by atoms with Crippen LogP contribution < -0.4 is 14.4 Å². The fourth-order valence-corrected chi connectivity index (χ4v) is 4.35. The minimum atomic E-state index is -4.73. The molecule has 0 saturated carbocycles. The Morgan fingerprint density at radius 2 is 1.94 bits per heavy atom. The number of aromatic nitrogens is 2. The van der Waals surface area contributed by atoms with Gasteiger partial charge in [0, 0.05) is 12.4 Å². The van der Waals surface area contributed by atoms with Gasteiger partial charge in [-0.1, -0.05) is 0 Å². The molecule has 1 amide bonds. The molecule has 1 aliphatic heterocycles. The van der Waals surface area contributed by atoms with Crippen LogP contribution >= 0.6 is 0 Å². The summed E-state index contributed by atoms with van der Waals surface area (Å²) in [6, 6.07) is 7.37. The highest BCUT2D eigenvalue weighted by molar-refractivity contribution is 7.92. The molecule has 0 bridgehead atoms. The second-order valence-electron chi connectivity index (χ2n) is 7.08. The highest BCUT2D eigenvalue weighted by atomic mass is 32.2. The van der Waals surface area contributed by atoms with Crippen molar-refractivity contribution >= 4 is 33.3 Å². The molecule has 1 aromatic heterocycles. The van der Waals surface area contributed by atoms with Crippen molar-refractivity contribution in [3.05, 3.63) is 60.4 Å². The first kappa shape index (κ1) is 23.1. The lowest BCUT2D eigenvalue weighted by Gasteiger charge is -2.28. The normalized spacial score (nSPS) is 13.9. The summed E-state index contributed by atoms with van der Waals surface area (Å²) in [6.45, 7) is -1.16. The standard InChI is InChI=1S/C20H15F3N4O6S/c21-20(22,23)12-2-4-15(27-7-1-6-24-27)14(8-12)25-34(31,32)13-3-5-17-16(9-13)26(10-19(29)30)18(28)11-33-17/h1-9,25H,10-11H2,(H,29,30). The van der Waals surface area contributed by atoms with Crippen LogP contribution in [0.2, 0.25) is 0 Å². The number of amides is 1. The van der Waals surface area contributed by atoms with E-state index in [4.69, 9.17) is 9.84 Å². The molecule has 0 fully saturated rings. The number of aliphatic carboxylic acids is 1. The quantitative estimate of drug-likeness (QED) is 0.536. The van der Waals surface area contributed by atoms with E-state index in [1.54, 1.807) is 0 Å². The van der Waals surface area contributed by atoms with E-state index in [2.05, 4.69) is 9.82 Å². The first-order valence-electron chi connectivity index (χ1n) is 9.49. The summed E-state index contributed by atoms with van der Waals surface area (Å²) < 4.78 is 74.5. The van der Waals surface area contributed by atoms with Crippen molar-refractivity contribution in [1.82, 2.24) is 9.78 Å². The van der Waals surface area contributed by atoms with E-state index in [1.807, 2.05) is 0 Å². The van der Waals surface area contributed by atoms with Crippen molar-refractivity contribution in [3.8, 4) is 11.4 Å². The summed E-state index contributed by atoms with van der Waals surface area (Å²) in [4.78, 5) is 23.7. The van der Waals surface area contributed by atoms with E-state index >= 15 is 0 Å². The van der Waals surface area contributed by atoms with Crippen LogP contribution in [0.5, 0.6) is 5.75 Å². The number of sulfonamides is 1. The molecule has 0 aliphatic carbocycles. The van der Waals surface area contributed by atoms with Crippen LogP contribution in [-0.2, 0) is 25.8 Å². The highest BCUT2D eigenvalue weighted by Gasteiger charge is 2.33. The molecular weight excluding hydrogens is 481 g/mol. The number of nitrogens with one attached hydrogen (secondary N) is 1. The number of carboxylic acid groups (broad SMARTS) is 1. The number of benzene rings is 2. The molecule has 0 unspecified atom stereocenters. The van der Waals surface area contributed by atoms with Crippen LogP contribution in [0, 0.1) is 0 Å². The summed E-state index contributed by atoms with van der Waals surface area (Å²) in [5.74, 6) is -1.95. The summed E-state index contributed by atoms with van der Waals surface area (Å²) in [5.41, 5.74) is -1.55. The molecule has 4 rings (SSSR count). The topological polar surface area (TPSA) is 131 Å². The maximum Gasteiger partial charge on any atom is 0.416 e. The summed E-state index contributed by atoms with van der Waals surface area (Å²) >= 11 is 0. The molecule has 178 valence electrons. The number of rotatable bonds is 6. The van der Waals surface area contributed by atoms with Crippen molar-refractivity contribution in [2.24, 2.45) is 0 Å². The van der Waals surface area contributed by atoms with E-state index in [0.717, 1.165) is 29.2 Å².